The number of aryl methyl sites for hydroxylation is 1. The molecule has 9 heteroatoms. The van der Waals surface area contributed by atoms with E-state index in [1.54, 1.807) is 0 Å². The van der Waals surface area contributed by atoms with Gasteiger partial charge in [-0.2, -0.15) is 0 Å². The molecule has 2 aliphatic heterocycles. The number of ether oxygens (including phenoxy) is 2. The van der Waals surface area contributed by atoms with Crippen molar-refractivity contribution in [1.82, 2.24) is 5.32 Å². The van der Waals surface area contributed by atoms with E-state index < -0.39 is 35.5 Å². The Morgan fingerprint density at radius 3 is 2.41 bits per heavy atom. The minimum atomic E-state index is -2.86. The van der Waals surface area contributed by atoms with Crippen LogP contribution in [0.15, 0.2) is 33.5 Å². The third-order valence-corrected chi connectivity index (χ3v) is 16.8. The van der Waals surface area contributed by atoms with Gasteiger partial charge in [0.2, 0.25) is 0 Å². The van der Waals surface area contributed by atoms with Crippen LogP contribution in [0.4, 0.5) is 0 Å². The summed E-state index contributed by atoms with van der Waals surface area (Å²) in [5.41, 5.74) is 0.616. The molecule has 2 N–H and O–H groups in total. The summed E-state index contributed by atoms with van der Waals surface area (Å²) in [4.78, 5) is 0.759. The average molecular weight is 581 g/mol. The Bertz CT molecular complexity index is 1100. The largest absolute Gasteiger partial charge is 0.415 e. The number of aliphatic hydroxyl groups is 1. The molecular weight excluding hydrogens is 528 g/mol. The van der Waals surface area contributed by atoms with Crippen LogP contribution in [-0.2, 0) is 23.6 Å². The number of aliphatic hydroxyl groups excluding tert-OH is 1. The maximum Gasteiger partial charge on any atom is 0.192 e. The van der Waals surface area contributed by atoms with Crippen molar-refractivity contribution < 1.29 is 23.2 Å². The van der Waals surface area contributed by atoms with Crippen LogP contribution in [0, 0.1) is 18.8 Å². The van der Waals surface area contributed by atoms with Gasteiger partial charge in [-0.25, -0.2) is 8.57 Å². The third-order valence-electron chi connectivity index (χ3n) is 9.73. The van der Waals surface area contributed by atoms with Gasteiger partial charge in [-0.3, -0.25) is 0 Å². The average Bonchev–Trinajstić information content (AvgIpc) is 3.30. The van der Waals surface area contributed by atoms with Gasteiger partial charge in [0.05, 0.1) is 47.4 Å². The topological polar surface area (TPSA) is 89.4 Å². The summed E-state index contributed by atoms with van der Waals surface area (Å²) in [6, 6.07) is 7.80. The Balaban J connectivity index is 1.73. The van der Waals surface area contributed by atoms with E-state index in [1.807, 2.05) is 31.2 Å². The van der Waals surface area contributed by atoms with Crippen LogP contribution in [0.3, 0.4) is 0 Å². The summed E-state index contributed by atoms with van der Waals surface area (Å²) in [6.45, 7) is 19.9. The summed E-state index contributed by atoms with van der Waals surface area (Å²) >= 11 is 0. The van der Waals surface area contributed by atoms with E-state index in [9.17, 15) is 5.11 Å². The van der Waals surface area contributed by atoms with Crippen LogP contribution in [0.1, 0.15) is 65.9 Å². The molecule has 39 heavy (non-hydrogen) atoms. The van der Waals surface area contributed by atoms with E-state index in [1.165, 1.54) is 0 Å². The molecule has 4 rings (SSSR count). The van der Waals surface area contributed by atoms with Gasteiger partial charge in [0.15, 0.2) is 14.1 Å². The molecule has 5 atom stereocenters. The van der Waals surface area contributed by atoms with E-state index in [0.29, 0.717) is 51.4 Å². The van der Waals surface area contributed by atoms with Gasteiger partial charge in [0, 0.05) is 29.2 Å². The second-order valence-electron chi connectivity index (χ2n) is 13.9. The predicted molar refractivity (Wildman–Crippen MR) is 160 cm³/mol. The first kappa shape index (κ1) is 31.1. The smallest absolute Gasteiger partial charge is 0.192 e. The molecule has 1 spiro atoms. The van der Waals surface area contributed by atoms with Crippen LogP contribution in [0.2, 0.25) is 18.1 Å². The molecule has 0 radical (unpaired) electrons. The van der Waals surface area contributed by atoms with E-state index in [0.717, 1.165) is 16.9 Å². The Hall–Kier alpha value is -0.813. The first-order chi connectivity index (χ1) is 18.1. The highest BCUT2D eigenvalue weighted by atomic mass is 32.2. The lowest BCUT2D eigenvalue weighted by Gasteiger charge is -2.54. The van der Waals surface area contributed by atoms with Crippen molar-refractivity contribution >= 4 is 18.0 Å². The van der Waals surface area contributed by atoms with Crippen molar-refractivity contribution in [3.8, 4) is 0 Å². The molecule has 0 amide bonds. The monoisotopic (exact) mass is 580 g/mol. The fourth-order valence-corrected chi connectivity index (χ4v) is 9.81. The second kappa shape index (κ2) is 11.5. The Kier molecular flexibility index (Phi) is 9.15. The molecule has 0 bridgehead atoms. The molecule has 1 unspecified atom stereocenters. The van der Waals surface area contributed by atoms with Gasteiger partial charge in [-0.1, -0.05) is 52.3 Å². The van der Waals surface area contributed by atoms with Crippen molar-refractivity contribution in [2.24, 2.45) is 16.2 Å². The molecule has 7 nitrogen and oxygen atoms in total. The van der Waals surface area contributed by atoms with Gasteiger partial charge in [-0.15, -0.1) is 0 Å². The van der Waals surface area contributed by atoms with Crippen molar-refractivity contribution in [3.63, 3.8) is 0 Å². The normalized spacial score (nSPS) is 29.7. The molecule has 0 aromatic heterocycles. The molecular formula is C30H52N2O5SSi. The number of piperidine rings is 1. The number of hydrogen-bond donors (Lipinski definition) is 2. The zero-order chi connectivity index (χ0) is 28.7. The van der Waals surface area contributed by atoms with E-state index in [2.05, 4.69) is 53.0 Å². The molecule has 1 saturated carbocycles. The summed E-state index contributed by atoms with van der Waals surface area (Å²) in [7, 11) is -4.87. The predicted octanol–water partition coefficient (Wildman–Crippen LogP) is 5.50. The number of fused-ring (bicyclic) bond motifs is 1. The van der Waals surface area contributed by atoms with Crippen LogP contribution in [-0.4, -0.2) is 73.2 Å². The standard InChI is InChI=1S/C30H52N2O5SSi/c1-22(2)26(20-37-39(7,8)28(4,5)6)32-38(34,24-11-9-23(3)10-12-24)21-29-14-15-30(35-17-18-36-30)19-25(29)27(33)13-16-31-29/h9-12,22,25-27,31,33H,13-21H2,1-8H3/t25-,26+,27-,29+,38?/m0/s1. The fourth-order valence-electron chi connectivity index (χ4n) is 5.97. The molecule has 1 aliphatic carbocycles. The van der Waals surface area contributed by atoms with Gasteiger partial charge in [0.1, 0.15) is 0 Å². The number of nitrogens with zero attached hydrogens (tertiary/aromatic N) is 1. The molecule has 1 aromatic rings. The first-order valence-corrected chi connectivity index (χ1v) is 19.4. The highest BCUT2D eigenvalue weighted by Gasteiger charge is 2.56. The minimum Gasteiger partial charge on any atom is -0.415 e. The molecule has 2 heterocycles. The third kappa shape index (κ3) is 6.65. The van der Waals surface area contributed by atoms with Gasteiger partial charge in [0.25, 0.3) is 0 Å². The molecule has 2 saturated heterocycles. The zero-order valence-electron chi connectivity index (χ0n) is 25.4. The molecule has 3 aliphatic rings. The van der Waals surface area contributed by atoms with E-state index >= 15 is 4.21 Å². The van der Waals surface area contributed by atoms with Crippen LogP contribution >= 0.6 is 0 Å². The number of rotatable bonds is 8. The van der Waals surface area contributed by atoms with Gasteiger partial charge < -0.3 is 24.3 Å². The second-order valence-corrected chi connectivity index (χ2v) is 21.0. The van der Waals surface area contributed by atoms with E-state index in [4.69, 9.17) is 18.3 Å². The van der Waals surface area contributed by atoms with Crippen LogP contribution in [0.5, 0.6) is 0 Å². The highest BCUT2D eigenvalue weighted by molar-refractivity contribution is 7.93. The zero-order valence-corrected chi connectivity index (χ0v) is 27.2. The summed E-state index contributed by atoms with van der Waals surface area (Å²) in [5, 5.41) is 15.1. The number of nitrogens with one attached hydrogen (secondary N) is 1. The molecule has 222 valence electrons. The lowest BCUT2D eigenvalue weighted by atomic mass is 9.66. The van der Waals surface area contributed by atoms with Gasteiger partial charge >= 0.3 is 0 Å². The Labute approximate surface area is 238 Å². The lowest BCUT2D eigenvalue weighted by molar-refractivity contribution is -0.212. The van der Waals surface area contributed by atoms with Crippen LogP contribution < -0.4 is 5.32 Å². The van der Waals surface area contributed by atoms with Crippen molar-refractivity contribution in [2.45, 2.75) is 114 Å². The van der Waals surface area contributed by atoms with Crippen LogP contribution in [0.25, 0.3) is 0 Å². The molecule has 1 aromatic carbocycles. The maximum absolute atomic E-state index is 15.3. The maximum atomic E-state index is 15.3. The Morgan fingerprint density at radius 2 is 1.82 bits per heavy atom. The SMILES string of the molecule is Cc1ccc(S(=O)(C[C@]23CCC4(C[C@H]2[C@@H](O)CCN3)OCCO4)=N[C@H](CO[Si](C)(C)C(C)(C)C)C(C)C)cc1. The summed E-state index contributed by atoms with van der Waals surface area (Å²) in [6.07, 6.45) is 2.21. The van der Waals surface area contributed by atoms with Crippen molar-refractivity contribution in [3.05, 3.63) is 29.8 Å². The Morgan fingerprint density at radius 1 is 1.18 bits per heavy atom. The van der Waals surface area contributed by atoms with Crippen molar-refractivity contribution in [2.75, 3.05) is 32.1 Å². The number of benzene rings is 1. The highest BCUT2D eigenvalue weighted by Crippen LogP contribution is 2.48. The summed E-state index contributed by atoms with van der Waals surface area (Å²) in [5.74, 6) is -0.229. The lowest BCUT2D eigenvalue weighted by Crippen LogP contribution is -2.67. The molecule has 3 fully saturated rings. The quantitative estimate of drug-likeness (QED) is 0.395. The minimum absolute atomic E-state index is 0.0870. The van der Waals surface area contributed by atoms with E-state index in [-0.39, 0.29) is 22.9 Å². The van der Waals surface area contributed by atoms with Gasteiger partial charge in [-0.05, 0) is 62.5 Å². The first-order valence-electron chi connectivity index (χ1n) is 14.8. The fraction of sp³-hybridized carbons (Fsp3) is 0.800. The summed E-state index contributed by atoms with van der Waals surface area (Å²) < 4.78 is 39.3. The van der Waals surface area contributed by atoms with Crippen molar-refractivity contribution in [1.29, 1.82) is 0 Å². The number of hydrogen-bond acceptors (Lipinski definition) is 7.